The molecule has 84 valence electrons. The van der Waals surface area contributed by atoms with E-state index in [0.717, 1.165) is 0 Å². The summed E-state index contributed by atoms with van der Waals surface area (Å²) in [4.78, 5) is 15.3. The van der Waals surface area contributed by atoms with Crippen molar-refractivity contribution in [3.8, 4) is 0 Å². The highest BCUT2D eigenvalue weighted by Gasteiger charge is 2.05. The highest BCUT2D eigenvalue weighted by atomic mass is 15.1. The van der Waals surface area contributed by atoms with Gasteiger partial charge in [-0.25, -0.2) is 4.98 Å². The van der Waals surface area contributed by atoms with E-state index in [9.17, 15) is 0 Å². The molecule has 2 aromatic rings. The van der Waals surface area contributed by atoms with Crippen molar-refractivity contribution in [3.05, 3.63) is 18.0 Å². The Hall–Kier alpha value is -2.11. The van der Waals surface area contributed by atoms with Crippen molar-refractivity contribution in [2.24, 2.45) is 0 Å². The zero-order valence-electron chi connectivity index (χ0n) is 9.28. The Morgan fingerprint density at radius 2 is 2.31 bits per heavy atom. The van der Waals surface area contributed by atoms with Crippen LogP contribution in [0.4, 0.5) is 11.8 Å². The van der Waals surface area contributed by atoms with Crippen LogP contribution in [0.3, 0.4) is 0 Å². The van der Waals surface area contributed by atoms with E-state index in [0.29, 0.717) is 29.5 Å². The number of nitrogens with zero attached hydrogens (tertiary/aromatic N) is 3. The normalized spacial score (nSPS) is 10.4. The van der Waals surface area contributed by atoms with E-state index in [1.165, 1.54) is 5.57 Å². The Morgan fingerprint density at radius 3 is 3.06 bits per heavy atom. The van der Waals surface area contributed by atoms with Gasteiger partial charge in [-0.05, 0) is 13.8 Å². The first-order valence-electron chi connectivity index (χ1n) is 5.00. The van der Waals surface area contributed by atoms with Gasteiger partial charge in [-0.15, -0.1) is 0 Å². The summed E-state index contributed by atoms with van der Waals surface area (Å²) in [6, 6.07) is 0. The first-order chi connectivity index (χ1) is 7.66. The van der Waals surface area contributed by atoms with Crippen LogP contribution in [-0.4, -0.2) is 26.5 Å². The number of allylic oxidation sites excluding steroid dienone is 1. The molecule has 0 spiro atoms. The first kappa shape index (κ1) is 10.4. The molecular formula is C10H14N6. The van der Waals surface area contributed by atoms with Crippen LogP contribution in [0, 0.1) is 0 Å². The van der Waals surface area contributed by atoms with Gasteiger partial charge in [0.05, 0.1) is 6.33 Å². The molecule has 0 aliphatic rings. The summed E-state index contributed by atoms with van der Waals surface area (Å²) in [6.07, 6.45) is 3.60. The molecule has 2 aromatic heterocycles. The van der Waals surface area contributed by atoms with Crippen LogP contribution in [0.25, 0.3) is 11.2 Å². The Kier molecular flexibility index (Phi) is 2.72. The van der Waals surface area contributed by atoms with Crippen molar-refractivity contribution >= 4 is 22.9 Å². The molecule has 0 saturated carbocycles. The maximum absolute atomic E-state index is 5.76. The van der Waals surface area contributed by atoms with E-state index in [1.807, 2.05) is 19.9 Å². The summed E-state index contributed by atoms with van der Waals surface area (Å²) in [5, 5.41) is 3.07. The highest BCUT2D eigenvalue weighted by Crippen LogP contribution is 2.14. The van der Waals surface area contributed by atoms with E-state index < -0.39 is 0 Å². The molecule has 0 aromatic carbocycles. The van der Waals surface area contributed by atoms with Gasteiger partial charge in [-0.2, -0.15) is 9.97 Å². The van der Waals surface area contributed by atoms with E-state index in [1.54, 1.807) is 6.33 Å². The van der Waals surface area contributed by atoms with E-state index in [-0.39, 0.29) is 0 Å². The molecule has 0 unspecified atom stereocenters. The lowest BCUT2D eigenvalue weighted by Gasteiger charge is -2.02. The Morgan fingerprint density at radius 1 is 1.50 bits per heavy atom. The van der Waals surface area contributed by atoms with Crippen LogP contribution in [0.2, 0.25) is 0 Å². The summed E-state index contributed by atoms with van der Waals surface area (Å²) in [5.41, 5.74) is 8.24. The maximum atomic E-state index is 5.76. The number of nitrogen functional groups attached to an aromatic ring is 1. The molecule has 0 aliphatic carbocycles. The SMILES string of the molecule is CC(C)=CCNc1nc(N)c2[nH]cnc2n1. The molecule has 0 aliphatic heterocycles. The number of hydrogen-bond acceptors (Lipinski definition) is 5. The molecule has 0 atom stereocenters. The number of rotatable bonds is 3. The average Bonchev–Trinajstić information content (AvgIpc) is 2.65. The van der Waals surface area contributed by atoms with Gasteiger partial charge in [0.2, 0.25) is 5.95 Å². The Labute approximate surface area is 93.0 Å². The van der Waals surface area contributed by atoms with Gasteiger partial charge in [-0.1, -0.05) is 11.6 Å². The largest absolute Gasteiger partial charge is 0.382 e. The third-order valence-electron chi connectivity index (χ3n) is 2.08. The minimum Gasteiger partial charge on any atom is -0.382 e. The summed E-state index contributed by atoms with van der Waals surface area (Å²) in [5.74, 6) is 0.900. The standard InChI is InChI=1S/C10H14N6/c1-6(2)3-4-12-10-15-8(11)7-9(16-10)14-5-13-7/h3,5H,4H2,1-2H3,(H4,11,12,13,14,15,16). The van der Waals surface area contributed by atoms with Crippen LogP contribution in [0.5, 0.6) is 0 Å². The monoisotopic (exact) mass is 218 g/mol. The molecule has 0 saturated heterocycles. The maximum Gasteiger partial charge on any atom is 0.227 e. The van der Waals surface area contributed by atoms with Gasteiger partial charge in [0.1, 0.15) is 5.52 Å². The summed E-state index contributed by atoms with van der Waals surface area (Å²) in [7, 11) is 0. The summed E-state index contributed by atoms with van der Waals surface area (Å²) in [6.45, 7) is 4.75. The number of nitrogens with two attached hydrogens (primary N) is 1. The quantitative estimate of drug-likeness (QED) is 0.675. The molecule has 2 heterocycles. The lowest BCUT2D eigenvalue weighted by Crippen LogP contribution is -2.05. The number of aromatic amines is 1. The summed E-state index contributed by atoms with van der Waals surface area (Å²) < 4.78 is 0. The third-order valence-corrected chi connectivity index (χ3v) is 2.08. The predicted molar refractivity (Wildman–Crippen MR) is 64.0 cm³/mol. The van der Waals surface area contributed by atoms with Crippen LogP contribution < -0.4 is 11.1 Å². The molecule has 2 rings (SSSR count). The highest BCUT2D eigenvalue weighted by molar-refractivity contribution is 5.82. The second-order valence-electron chi connectivity index (χ2n) is 3.70. The minimum atomic E-state index is 0.405. The zero-order valence-corrected chi connectivity index (χ0v) is 9.28. The van der Waals surface area contributed by atoms with Crippen molar-refractivity contribution < 1.29 is 0 Å². The van der Waals surface area contributed by atoms with Crippen LogP contribution in [0.15, 0.2) is 18.0 Å². The van der Waals surface area contributed by atoms with Gasteiger partial charge in [0, 0.05) is 6.54 Å². The van der Waals surface area contributed by atoms with Crippen molar-refractivity contribution in [1.82, 2.24) is 19.9 Å². The lowest BCUT2D eigenvalue weighted by atomic mass is 10.3. The van der Waals surface area contributed by atoms with Gasteiger partial charge >= 0.3 is 0 Å². The number of hydrogen-bond donors (Lipinski definition) is 3. The van der Waals surface area contributed by atoms with E-state index >= 15 is 0 Å². The van der Waals surface area contributed by atoms with Crippen molar-refractivity contribution in [2.75, 3.05) is 17.6 Å². The molecule has 6 nitrogen and oxygen atoms in total. The minimum absolute atomic E-state index is 0.405. The number of aromatic nitrogens is 4. The van der Waals surface area contributed by atoms with Crippen molar-refractivity contribution in [2.45, 2.75) is 13.8 Å². The number of imidazole rings is 1. The zero-order chi connectivity index (χ0) is 11.5. The van der Waals surface area contributed by atoms with Crippen LogP contribution in [0.1, 0.15) is 13.8 Å². The first-order valence-corrected chi connectivity index (χ1v) is 5.00. The van der Waals surface area contributed by atoms with Gasteiger partial charge < -0.3 is 16.0 Å². The molecule has 4 N–H and O–H groups in total. The summed E-state index contributed by atoms with van der Waals surface area (Å²) >= 11 is 0. The third kappa shape index (κ3) is 2.10. The van der Waals surface area contributed by atoms with E-state index in [4.69, 9.17) is 5.73 Å². The lowest BCUT2D eigenvalue weighted by molar-refractivity contribution is 1.14. The molecule has 6 heteroatoms. The van der Waals surface area contributed by atoms with Crippen LogP contribution in [-0.2, 0) is 0 Å². The molecule has 0 fully saturated rings. The van der Waals surface area contributed by atoms with Crippen molar-refractivity contribution in [1.29, 1.82) is 0 Å². The van der Waals surface area contributed by atoms with Gasteiger partial charge in [0.25, 0.3) is 0 Å². The second kappa shape index (κ2) is 4.18. The predicted octanol–water partition coefficient (Wildman–Crippen LogP) is 1.31. The fourth-order valence-corrected chi connectivity index (χ4v) is 1.28. The molecule has 0 amide bonds. The smallest absolute Gasteiger partial charge is 0.227 e. The fraction of sp³-hybridized carbons (Fsp3) is 0.300. The topological polar surface area (TPSA) is 92.5 Å². The second-order valence-corrected chi connectivity index (χ2v) is 3.70. The van der Waals surface area contributed by atoms with Crippen LogP contribution >= 0.6 is 0 Å². The molecule has 0 radical (unpaired) electrons. The number of fused-ring (bicyclic) bond motifs is 1. The number of H-pyrrole nitrogens is 1. The average molecular weight is 218 g/mol. The fourth-order valence-electron chi connectivity index (χ4n) is 1.28. The Bertz CT molecular complexity index is 523. The number of anilines is 2. The molecule has 16 heavy (non-hydrogen) atoms. The van der Waals surface area contributed by atoms with Gasteiger partial charge in [0.15, 0.2) is 11.5 Å². The van der Waals surface area contributed by atoms with E-state index in [2.05, 4.69) is 25.3 Å². The Balaban J connectivity index is 2.21. The van der Waals surface area contributed by atoms with Gasteiger partial charge in [-0.3, -0.25) is 0 Å². The molecular weight excluding hydrogens is 204 g/mol. The number of nitrogens with one attached hydrogen (secondary N) is 2. The van der Waals surface area contributed by atoms with Crippen molar-refractivity contribution in [3.63, 3.8) is 0 Å². The molecule has 0 bridgehead atoms.